The van der Waals surface area contributed by atoms with Crippen LogP contribution in [-0.4, -0.2) is 229 Å². The second kappa shape index (κ2) is 40.4. The molecule has 25 heteroatoms. The molecule has 5 N–H and O–H groups in total. The van der Waals surface area contributed by atoms with Gasteiger partial charge in [0.1, 0.15) is 60.0 Å². The van der Waals surface area contributed by atoms with E-state index in [-0.39, 0.29) is 61.7 Å². The van der Waals surface area contributed by atoms with Gasteiger partial charge in [-0.3, -0.25) is 58.1 Å². The fraction of sp³-hybridized carbons (Fsp3) is 0.746. The third-order valence-electron chi connectivity index (χ3n) is 17.2. The van der Waals surface area contributed by atoms with Crippen LogP contribution < -0.4 is 26.6 Å². The van der Waals surface area contributed by atoms with Gasteiger partial charge in [-0.05, 0) is 138 Å². The number of aryl methyl sites for hydroxylation is 1. The number of carbonyl (C=O) groups is 12. The molecule has 0 saturated heterocycles. The van der Waals surface area contributed by atoms with Crippen LogP contribution in [0.4, 0.5) is 10.5 Å². The van der Waals surface area contributed by atoms with Gasteiger partial charge >= 0.3 is 6.09 Å². The second-order valence-electron chi connectivity index (χ2n) is 29.7. The van der Waals surface area contributed by atoms with Crippen molar-refractivity contribution < 1.29 is 62.3 Å². The third-order valence-corrected chi connectivity index (χ3v) is 17.2. The van der Waals surface area contributed by atoms with Crippen molar-refractivity contribution in [3.8, 4) is 0 Å². The van der Waals surface area contributed by atoms with Crippen LogP contribution in [0.25, 0.3) is 0 Å². The van der Waals surface area contributed by atoms with Crippen molar-refractivity contribution >= 4 is 77.3 Å². The number of ether oxygens (including phenoxy) is 1. The number of likely N-dealkylation sites (N-methyl/N-ethyl adjacent to an activating group) is 8. The Kier molecular flexibility index (Phi) is 36.5. The minimum atomic E-state index is -1.20. The molecule has 1 unspecified atom stereocenters. The molecule has 0 aliphatic heterocycles. The Bertz CT molecular complexity index is 2750. The first-order chi connectivity index (χ1) is 44.4. The summed E-state index contributed by atoms with van der Waals surface area (Å²) >= 11 is 0. The predicted molar refractivity (Wildman–Crippen MR) is 374 cm³/mol. The molecule has 0 spiro atoms. The van der Waals surface area contributed by atoms with Gasteiger partial charge in [0.2, 0.25) is 65.5 Å². The molecule has 0 saturated carbocycles. The molecule has 0 aromatic heterocycles. The van der Waals surface area contributed by atoms with Crippen LogP contribution in [0.5, 0.6) is 0 Å². The van der Waals surface area contributed by atoms with Gasteiger partial charge in [0, 0.05) is 62.1 Å². The summed E-state index contributed by atoms with van der Waals surface area (Å²) < 4.78 is 5.44. The highest BCUT2D eigenvalue weighted by molar-refractivity contribution is 5.98. The number of benzene rings is 1. The second-order valence-corrected chi connectivity index (χ2v) is 29.7. The van der Waals surface area contributed by atoms with Gasteiger partial charge < -0.3 is 60.3 Å². The van der Waals surface area contributed by atoms with Crippen molar-refractivity contribution in [2.24, 2.45) is 41.4 Å². The summed E-state index contributed by atoms with van der Waals surface area (Å²) in [6.07, 6.45) is 3.07. The summed E-state index contributed by atoms with van der Waals surface area (Å²) in [5, 5.41) is 13.7. The highest BCUT2D eigenvalue weighted by Gasteiger charge is 2.43. The molecule has 0 aliphatic carbocycles. The minimum Gasteiger partial charge on any atom is -0.444 e. The first-order valence-electron chi connectivity index (χ1n) is 34.3. The third kappa shape index (κ3) is 27.6. The Labute approximate surface area is 574 Å². The van der Waals surface area contributed by atoms with Crippen molar-refractivity contribution in [2.75, 3.05) is 68.2 Å². The Morgan fingerprint density at radius 2 is 1.00 bits per heavy atom. The van der Waals surface area contributed by atoms with Gasteiger partial charge in [-0.25, -0.2) is 4.79 Å². The molecular formula is C71H124N12O13. The van der Waals surface area contributed by atoms with Crippen molar-refractivity contribution in [3.05, 3.63) is 29.8 Å². The molecule has 25 nitrogen and oxygen atoms in total. The van der Waals surface area contributed by atoms with E-state index in [1.165, 1.54) is 92.7 Å². The molecule has 1 aromatic rings. The molecule has 1 aromatic carbocycles. The molecular weight excluding hydrogens is 1230 g/mol. The molecule has 0 fully saturated rings. The number of nitrogens with zero attached hydrogens (tertiary/aromatic N) is 7. The zero-order valence-electron chi connectivity index (χ0n) is 63.1. The minimum absolute atomic E-state index is 0.0340. The number of nitrogens with one attached hydrogen (secondary N) is 5. The molecule has 0 radical (unpaired) electrons. The average Bonchev–Trinajstić information content (AvgIpc) is 0.812. The number of hydrogen-bond donors (Lipinski definition) is 5. The van der Waals surface area contributed by atoms with E-state index in [2.05, 4.69) is 26.6 Å². The van der Waals surface area contributed by atoms with Crippen LogP contribution >= 0.6 is 0 Å². The zero-order valence-corrected chi connectivity index (χ0v) is 63.1. The SMILES string of the molecule is CC[C@H](NC(=O)C(C[C@H](C)CCCc1cccc(NC(=O)OC(C)(C)C)c1)N(C)C(=O)[C@H](C(C)C)N(C)C(=O)[C@H](CC(C)C)N(C)C(=O)[C@H](CC(C)C)N(C)C=O)C(=O)N(C)CC(=O)N(C)[C@@H](CC(C)C)C(=O)N[C@H](C(=O)N(C)[C@@H](CC(C)C)C(=O)N[C@H](C)C(=O)NC)C(C)C. The lowest BCUT2D eigenvalue weighted by molar-refractivity contribution is -0.155. The van der Waals surface area contributed by atoms with Gasteiger partial charge in [0.15, 0.2) is 0 Å². The Hall–Kier alpha value is -7.34. The van der Waals surface area contributed by atoms with E-state index in [9.17, 15) is 47.9 Å². The number of hydrogen-bond acceptors (Lipinski definition) is 13. The maximum atomic E-state index is 15.3. The zero-order chi connectivity index (χ0) is 74.1. The van der Waals surface area contributed by atoms with E-state index in [0.29, 0.717) is 37.8 Å². The van der Waals surface area contributed by atoms with Gasteiger partial charge in [-0.2, -0.15) is 0 Å². The Balaban J connectivity index is 3.77. The monoisotopic (exact) mass is 1350 g/mol. The molecule has 546 valence electrons. The molecule has 12 amide bonds. The summed E-state index contributed by atoms with van der Waals surface area (Å²) in [5.41, 5.74) is 0.812. The topological polar surface area (TPSA) is 297 Å². The van der Waals surface area contributed by atoms with E-state index in [0.717, 1.165) is 10.5 Å². The van der Waals surface area contributed by atoms with E-state index in [4.69, 9.17) is 4.74 Å². The normalized spacial score (nSPS) is 14.8. The number of carbonyl (C=O) groups excluding carboxylic acids is 12. The molecule has 0 heterocycles. The summed E-state index contributed by atoms with van der Waals surface area (Å²) in [6, 6.07) is -2.11. The van der Waals surface area contributed by atoms with Crippen molar-refractivity contribution in [1.29, 1.82) is 0 Å². The Morgan fingerprint density at radius 1 is 0.531 bits per heavy atom. The van der Waals surface area contributed by atoms with Gasteiger partial charge in [0.05, 0.1) is 6.54 Å². The molecule has 0 aliphatic rings. The fourth-order valence-electron chi connectivity index (χ4n) is 11.6. The van der Waals surface area contributed by atoms with Crippen LogP contribution in [0.2, 0.25) is 0 Å². The molecule has 1 rings (SSSR count). The highest BCUT2D eigenvalue weighted by atomic mass is 16.6. The van der Waals surface area contributed by atoms with Crippen molar-refractivity contribution in [3.63, 3.8) is 0 Å². The lowest BCUT2D eigenvalue weighted by Crippen LogP contribution is -2.61. The lowest BCUT2D eigenvalue weighted by Gasteiger charge is -2.40. The molecule has 10 atom stereocenters. The summed E-state index contributed by atoms with van der Waals surface area (Å²) in [6.45, 7) is 32.3. The quantitative estimate of drug-likeness (QED) is 0.0437. The summed E-state index contributed by atoms with van der Waals surface area (Å²) in [7, 11) is 11.8. The van der Waals surface area contributed by atoms with Crippen LogP contribution in [0, 0.1) is 41.4 Å². The first kappa shape index (κ1) is 86.7. The Morgan fingerprint density at radius 3 is 1.49 bits per heavy atom. The van der Waals surface area contributed by atoms with E-state index in [1.54, 1.807) is 61.5 Å². The number of anilines is 1. The number of amides is 12. The number of rotatable bonds is 39. The summed E-state index contributed by atoms with van der Waals surface area (Å²) in [5.74, 6) is -6.90. The largest absolute Gasteiger partial charge is 0.444 e. The van der Waals surface area contributed by atoms with Crippen LogP contribution in [0.1, 0.15) is 182 Å². The van der Waals surface area contributed by atoms with Gasteiger partial charge in [-0.15, -0.1) is 0 Å². The van der Waals surface area contributed by atoms with Crippen LogP contribution in [0.15, 0.2) is 24.3 Å². The van der Waals surface area contributed by atoms with Crippen molar-refractivity contribution in [1.82, 2.24) is 55.6 Å². The smallest absolute Gasteiger partial charge is 0.412 e. The fourth-order valence-corrected chi connectivity index (χ4v) is 11.6. The maximum absolute atomic E-state index is 15.3. The molecule has 0 bridgehead atoms. The van der Waals surface area contributed by atoms with Gasteiger partial charge in [0.25, 0.3) is 0 Å². The highest BCUT2D eigenvalue weighted by Crippen LogP contribution is 2.26. The van der Waals surface area contributed by atoms with Crippen molar-refractivity contribution in [2.45, 2.75) is 242 Å². The predicted octanol–water partition coefficient (Wildman–Crippen LogP) is 6.56. The molecule has 96 heavy (non-hydrogen) atoms. The van der Waals surface area contributed by atoms with Crippen LogP contribution in [0.3, 0.4) is 0 Å². The van der Waals surface area contributed by atoms with E-state index in [1.807, 2.05) is 80.5 Å². The van der Waals surface area contributed by atoms with E-state index >= 15 is 9.59 Å². The lowest BCUT2D eigenvalue weighted by atomic mass is 9.92. The van der Waals surface area contributed by atoms with Crippen LogP contribution in [-0.2, 0) is 63.9 Å². The first-order valence-corrected chi connectivity index (χ1v) is 34.3. The summed E-state index contributed by atoms with van der Waals surface area (Å²) in [4.78, 5) is 177. The standard InChI is InChI=1S/C71H124N12O13/c1-27-52(65(90)77(20)40-58(85)79(22)53(34-42(2)3)64(89)76-59(46(10)11)68(93)80(23)54(35-43(4)5)62(87)73-49(15)61(86)72-19)75-63(88)55(38-48(14)30-28-31-50-32-29-33-51(39-50)74-70(95)96-71(16,17)18)81(24)69(94)60(47(12)13)83(26)67(92)57(37-45(8)9)82(25)66(91)56(36-44(6)7)78(21)41-84/h29,32-33,39,41-49,52-57,59-60H,27-28,30-31,34-38,40H2,1-26H3,(H,72,86)(H,73,87)(H,74,95)(H,75,88)(H,76,89)/t48-,49-,52+,53+,54+,55?,56+,57+,59+,60+/m1/s1. The maximum Gasteiger partial charge on any atom is 0.412 e. The van der Waals surface area contributed by atoms with E-state index < -0.39 is 144 Å². The van der Waals surface area contributed by atoms with Gasteiger partial charge in [-0.1, -0.05) is 115 Å². The average molecular weight is 1350 g/mol.